The number of rotatable bonds is 3. The summed E-state index contributed by atoms with van der Waals surface area (Å²) in [5.74, 6) is 1.02. The van der Waals surface area contributed by atoms with Crippen molar-refractivity contribution in [3.05, 3.63) is 29.8 Å². The summed E-state index contributed by atoms with van der Waals surface area (Å²) in [6.45, 7) is 5.89. The van der Waals surface area contributed by atoms with Gasteiger partial charge in [-0.3, -0.25) is 4.79 Å². The van der Waals surface area contributed by atoms with Gasteiger partial charge in [-0.15, -0.1) is 0 Å². The molecule has 0 spiro atoms. The summed E-state index contributed by atoms with van der Waals surface area (Å²) in [6.07, 6.45) is 0.459. The van der Waals surface area contributed by atoms with Crippen LogP contribution in [0, 0.1) is 0 Å². The van der Waals surface area contributed by atoms with Crippen molar-refractivity contribution >= 4 is 5.91 Å². The van der Waals surface area contributed by atoms with Gasteiger partial charge in [0.1, 0.15) is 5.75 Å². The number of carbonyl (C=O) groups excluding carboxylic acids is 1. The number of nitrogens with zero attached hydrogens (tertiary/aromatic N) is 1. The second-order valence-electron chi connectivity index (χ2n) is 5.10. The first kappa shape index (κ1) is 13.9. The molecule has 1 aliphatic rings. The number of amides is 1. The Balaban J connectivity index is 1.99. The fourth-order valence-corrected chi connectivity index (χ4v) is 2.43. The predicted molar refractivity (Wildman–Crippen MR) is 75.3 cm³/mol. The van der Waals surface area contributed by atoms with E-state index in [0.717, 1.165) is 24.4 Å². The molecule has 0 saturated carbocycles. The molecular formula is C15H22N2O2. The van der Waals surface area contributed by atoms with Crippen LogP contribution >= 0.6 is 0 Å². The van der Waals surface area contributed by atoms with Crippen molar-refractivity contribution in [2.75, 3.05) is 20.2 Å². The van der Waals surface area contributed by atoms with Crippen molar-refractivity contribution in [3.63, 3.8) is 0 Å². The Labute approximate surface area is 114 Å². The van der Waals surface area contributed by atoms with E-state index in [-0.39, 0.29) is 11.9 Å². The molecule has 2 atom stereocenters. The molecule has 1 aliphatic heterocycles. The van der Waals surface area contributed by atoms with Crippen molar-refractivity contribution in [2.45, 2.75) is 32.4 Å². The van der Waals surface area contributed by atoms with Crippen molar-refractivity contribution in [2.24, 2.45) is 0 Å². The molecule has 1 aromatic carbocycles. The molecule has 1 N–H and O–H groups in total. The summed E-state index contributed by atoms with van der Waals surface area (Å²) in [7, 11) is 1.64. The zero-order valence-corrected chi connectivity index (χ0v) is 11.8. The number of piperazine rings is 1. The molecule has 0 bridgehead atoms. The van der Waals surface area contributed by atoms with Gasteiger partial charge in [0.05, 0.1) is 13.5 Å². The Morgan fingerprint density at radius 2 is 2.05 bits per heavy atom. The smallest absolute Gasteiger partial charge is 0.227 e. The lowest BCUT2D eigenvalue weighted by molar-refractivity contribution is -0.134. The van der Waals surface area contributed by atoms with Crippen molar-refractivity contribution in [3.8, 4) is 5.75 Å². The van der Waals surface area contributed by atoms with E-state index >= 15 is 0 Å². The lowest BCUT2D eigenvalue weighted by Crippen LogP contribution is -2.57. The summed E-state index contributed by atoms with van der Waals surface area (Å²) >= 11 is 0. The van der Waals surface area contributed by atoms with Gasteiger partial charge in [-0.2, -0.15) is 0 Å². The highest BCUT2D eigenvalue weighted by Crippen LogP contribution is 2.15. The fourth-order valence-electron chi connectivity index (χ4n) is 2.43. The molecule has 2 unspecified atom stereocenters. The highest BCUT2D eigenvalue weighted by atomic mass is 16.5. The third kappa shape index (κ3) is 3.26. The predicted octanol–water partition coefficient (Wildman–Crippen LogP) is 1.45. The molecule has 4 nitrogen and oxygen atoms in total. The molecule has 1 fully saturated rings. The molecule has 0 aliphatic carbocycles. The number of ether oxygens (including phenoxy) is 1. The average molecular weight is 262 g/mol. The minimum Gasteiger partial charge on any atom is -0.497 e. The molecule has 0 aromatic heterocycles. The van der Waals surface area contributed by atoms with E-state index in [1.165, 1.54) is 0 Å². The van der Waals surface area contributed by atoms with Gasteiger partial charge in [0.2, 0.25) is 5.91 Å². The van der Waals surface area contributed by atoms with Gasteiger partial charge < -0.3 is 15.0 Å². The third-order valence-electron chi connectivity index (χ3n) is 3.87. The van der Waals surface area contributed by atoms with E-state index in [9.17, 15) is 4.79 Å². The maximum Gasteiger partial charge on any atom is 0.227 e. The van der Waals surface area contributed by atoms with Crippen LogP contribution in [0.15, 0.2) is 24.3 Å². The van der Waals surface area contributed by atoms with Crippen LogP contribution in [0.2, 0.25) is 0 Å². The number of hydrogen-bond acceptors (Lipinski definition) is 3. The monoisotopic (exact) mass is 262 g/mol. The molecule has 1 heterocycles. The first-order valence-electron chi connectivity index (χ1n) is 6.77. The van der Waals surface area contributed by atoms with E-state index in [4.69, 9.17) is 4.74 Å². The van der Waals surface area contributed by atoms with Gasteiger partial charge in [0.25, 0.3) is 0 Å². The van der Waals surface area contributed by atoms with Crippen LogP contribution in [0.25, 0.3) is 0 Å². The van der Waals surface area contributed by atoms with E-state index < -0.39 is 0 Å². The van der Waals surface area contributed by atoms with Crippen molar-refractivity contribution in [1.82, 2.24) is 10.2 Å². The maximum absolute atomic E-state index is 12.3. The molecule has 4 heteroatoms. The second kappa shape index (κ2) is 6.06. The largest absolute Gasteiger partial charge is 0.497 e. The molecule has 1 amide bonds. The quantitative estimate of drug-likeness (QED) is 0.896. The SMILES string of the molecule is COc1ccc(CC(=O)N2CCNC(C)C2C)cc1. The number of carbonyl (C=O) groups is 1. The normalized spacial score (nSPS) is 23.2. The minimum absolute atomic E-state index is 0.200. The summed E-state index contributed by atoms with van der Waals surface area (Å²) in [5, 5.41) is 3.39. The lowest BCUT2D eigenvalue weighted by Gasteiger charge is -2.38. The van der Waals surface area contributed by atoms with Gasteiger partial charge >= 0.3 is 0 Å². The average Bonchev–Trinajstić information content (AvgIpc) is 2.42. The zero-order valence-electron chi connectivity index (χ0n) is 11.8. The van der Waals surface area contributed by atoms with E-state index in [1.54, 1.807) is 7.11 Å². The lowest BCUT2D eigenvalue weighted by atomic mass is 10.0. The van der Waals surface area contributed by atoms with Crippen molar-refractivity contribution < 1.29 is 9.53 Å². The Bertz CT molecular complexity index is 430. The minimum atomic E-state index is 0.200. The second-order valence-corrected chi connectivity index (χ2v) is 5.10. The van der Waals surface area contributed by atoms with Gasteiger partial charge in [-0.1, -0.05) is 12.1 Å². The van der Waals surface area contributed by atoms with E-state index in [2.05, 4.69) is 19.2 Å². The highest BCUT2D eigenvalue weighted by Gasteiger charge is 2.27. The summed E-state index contributed by atoms with van der Waals surface area (Å²) < 4.78 is 5.12. The van der Waals surface area contributed by atoms with Crippen LogP contribution in [-0.4, -0.2) is 43.1 Å². The summed E-state index contributed by atoms with van der Waals surface area (Å²) in [6, 6.07) is 8.30. The van der Waals surface area contributed by atoms with Crippen LogP contribution in [0.5, 0.6) is 5.75 Å². The van der Waals surface area contributed by atoms with Gasteiger partial charge in [-0.25, -0.2) is 0 Å². The van der Waals surface area contributed by atoms with Crippen LogP contribution < -0.4 is 10.1 Å². The molecule has 1 aromatic rings. The fraction of sp³-hybridized carbons (Fsp3) is 0.533. The number of nitrogens with one attached hydrogen (secondary N) is 1. The van der Waals surface area contributed by atoms with Crippen LogP contribution in [0.1, 0.15) is 19.4 Å². The first-order valence-corrected chi connectivity index (χ1v) is 6.77. The zero-order chi connectivity index (χ0) is 13.8. The Morgan fingerprint density at radius 3 is 2.68 bits per heavy atom. The summed E-state index contributed by atoms with van der Waals surface area (Å²) in [5.41, 5.74) is 1.03. The third-order valence-corrected chi connectivity index (χ3v) is 3.87. The van der Waals surface area contributed by atoms with Crippen LogP contribution in [0.4, 0.5) is 0 Å². The summed E-state index contributed by atoms with van der Waals surface area (Å²) in [4.78, 5) is 14.3. The van der Waals surface area contributed by atoms with Crippen molar-refractivity contribution in [1.29, 1.82) is 0 Å². The van der Waals surface area contributed by atoms with Gasteiger partial charge in [0.15, 0.2) is 0 Å². The Kier molecular flexibility index (Phi) is 4.43. The molecule has 1 saturated heterocycles. The Hall–Kier alpha value is -1.55. The number of benzene rings is 1. The molecule has 2 rings (SSSR count). The number of methoxy groups -OCH3 is 1. The topological polar surface area (TPSA) is 41.6 Å². The highest BCUT2D eigenvalue weighted by molar-refractivity contribution is 5.79. The first-order chi connectivity index (χ1) is 9.11. The molecular weight excluding hydrogens is 240 g/mol. The van der Waals surface area contributed by atoms with E-state index in [0.29, 0.717) is 12.5 Å². The molecule has 19 heavy (non-hydrogen) atoms. The van der Waals surface area contributed by atoms with E-state index in [1.807, 2.05) is 29.2 Å². The Morgan fingerprint density at radius 1 is 1.37 bits per heavy atom. The van der Waals surface area contributed by atoms with Crippen LogP contribution in [-0.2, 0) is 11.2 Å². The van der Waals surface area contributed by atoms with Gasteiger partial charge in [0, 0.05) is 25.2 Å². The molecule has 104 valence electrons. The van der Waals surface area contributed by atoms with Crippen LogP contribution in [0.3, 0.4) is 0 Å². The molecule has 0 radical (unpaired) electrons. The number of hydrogen-bond donors (Lipinski definition) is 1. The maximum atomic E-state index is 12.3. The van der Waals surface area contributed by atoms with Gasteiger partial charge in [-0.05, 0) is 31.5 Å². The standard InChI is InChI=1S/C15H22N2O2/c1-11-12(2)17(9-8-16-11)15(18)10-13-4-6-14(19-3)7-5-13/h4-7,11-12,16H,8-10H2,1-3H3.